The molecule has 0 radical (unpaired) electrons. The van der Waals surface area contributed by atoms with Crippen molar-refractivity contribution < 1.29 is 19.1 Å². The number of likely N-dealkylation sites (tertiary alicyclic amines) is 1. The van der Waals surface area contributed by atoms with Crippen molar-refractivity contribution in [1.29, 1.82) is 0 Å². The number of ether oxygens (including phenoxy) is 2. The number of carbonyl (C=O) groups is 2. The van der Waals surface area contributed by atoms with Gasteiger partial charge < -0.3 is 19.3 Å². The second-order valence-corrected chi connectivity index (χ2v) is 11.0. The standard InChI is InChI=1S/C32H41N5O4/c1-2-3-22-40-32(39)37-16-14-25(15-17-37)23-35-18-20-36(21-19-35)29-11-7-10-28(33-29)27-12-13-30(38)34-31(27)41-24-26-8-5-4-6-9-26/h4-12,25H,2-3,13-24H2,1H3. The summed E-state index contributed by atoms with van der Waals surface area (Å²) in [6, 6.07) is 15.9. The minimum atomic E-state index is -0.207. The number of dihydropyridines is 1. The van der Waals surface area contributed by atoms with Crippen LogP contribution in [0.15, 0.2) is 59.6 Å². The molecular formula is C32H41N5O4. The highest BCUT2D eigenvalue weighted by Gasteiger charge is 2.27. The number of aliphatic imine (C=N–C) groups is 1. The Kier molecular flexibility index (Phi) is 10.0. The van der Waals surface area contributed by atoms with E-state index in [1.165, 1.54) is 0 Å². The van der Waals surface area contributed by atoms with E-state index in [4.69, 9.17) is 14.5 Å². The lowest BCUT2D eigenvalue weighted by Gasteiger charge is -2.39. The highest BCUT2D eigenvalue weighted by molar-refractivity contribution is 6.23. The monoisotopic (exact) mass is 559 g/mol. The minimum absolute atomic E-state index is 0.156. The molecule has 0 N–H and O–H groups in total. The fourth-order valence-corrected chi connectivity index (χ4v) is 5.51. The fourth-order valence-electron chi connectivity index (χ4n) is 5.51. The lowest BCUT2D eigenvalue weighted by atomic mass is 9.96. The van der Waals surface area contributed by atoms with E-state index in [1.807, 2.05) is 59.5 Å². The molecule has 5 rings (SSSR count). The molecule has 0 unspecified atom stereocenters. The van der Waals surface area contributed by atoms with Crippen molar-refractivity contribution in [2.75, 3.05) is 57.3 Å². The van der Waals surface area contributed by atoms with Crippen LogP contribution in [0.1, 0.15) is 50.3 Å². The van der Waals surface area contributed by atoms with Gasteiger partial charge >= 0.3 is 6.09 Å². The molecular weight excluding hydrogens is 518 g/mol. The maximum atomic E-state index is 12.2. The zero-order valence-electron chi connectivity index (χ0n) is 24.0. The first-order chi connectivity index (χ1) is 20.1. The number of rotatable bonds is 9. The van der Waals surface area contributed by atoms with Crippen LogP contribution < -0.4 is 4.90 Å². The van der Waals surface area contributed by atoms with Crippen molar-refractivity contribution >= 4 is 29.3 Å². The Morgan fingerprint density at radius 1 is 0.976 bits per heavy atom. The van der Waals surface area contributed by atoms with Gasteiger partial charge in [0, 0.05) is 52.2 Å². The van der Waals surface area contributed by atoms with E-state index in [1.54, 1.807) is 0 Å². The van der Waals surface area contributed by atoms with E-state index in [2.05, 4.69) is 21.7 Å². The first-order valence-electron chi connectivity index (χ1n) is 14.9. The molecule has 0 saturated carbocycles. The van der Waals surface area contributed by atoms with Crippen molar-refractivity contribution in [2.24, 2.45) is 10.9 Å². The van der Waals surface area contributed by atoms with Gasteiger partial charge in [-0.3, -0.25) is 9.69 Å². The van der Waals surface area contributed by atoms with E-state index < -0.39 is 0 Å². The SMILES string of the molecule is CCCCOC(=O)N1CCC(CN2CCN(c3cccc(C4=CCC(=O)N=C4OCc4ccccc4)n3)CC2)CC1. The molecule has 2 fully saturated rings. The van der Waals surface area contributed by atoms with Crippen molar-refractivity contribution in [3.8, 4) is 0 Å². The topological polar surface area (TPSA) is 87.6 Å². The predicted octanol–water partition coefficient (Wildman–Crippen LogP) is 4.78. The van der Waals surface area contributed by atoms with Gasteiger partial charge in [0.25, 0.3) is 5.91 Å². The summed E-state index contributed by atoms with van der Waals surface area (Å²) < 4.78 is 11.4. The Balaban J connectivity index is 1.11. The van der Waals surface area contributed by atoms with Crippen molar-refractivity contribution in [2.45, 2.75) is 45.6 Å². The lowest BCUT2D eigenvalue weighted by Crippen LogP contribution is -2.49. The van der Waals surface area contributed by atoms with Crippen LogP contribution in [-0.2, 0) is 20.9 Å². The Labute approximate surface area is 242 Å². The smallest absolute Gasteiger partial charge is 0.409 e. The molecule has 2 saturated heterocycles. The van der Waals surface area contributed by atoms with Crippen LogP contribution in [0.2, 0.25) is 0 Å². The van der Waals surface area contributed by atoms with E-state index in [0.29, 0.717) is 25.0 Å². The summed E-state index contributed by atoms with van der Waals surface area (Å²) in [7, 11) is 0. The maximum absolute atomic E-state index is 12.2. The number of pyridine rings is 1. The van der Waals surface area contributed by atoms with Gasteiger partial charge in [-0.05, 0) is 42.9 Å². The molecule has 1 aromatic heterocycles. The number of hydrogen-bond donors (Lipinski definition) is 0. The number of hydrogen-bond acceptors (Lipinski definition) is 7. The molecule has 41 heavy (non-hydrogen) atoms. The molecule has 3 aliphatic rings. The molecule has 9 nitrogen and oxygen atoms in total. The molecule has 4 heterocycles. The average Bonchev–Trinajstić information content (AvgIpc) is 3.01. The van der Waals surface area contributed by atoms with Crippen molar-refractivity contribution in [3.05, 3.63) is 65.9 Å². The fraction of sp³-hybridized carbons (Fsp3) is 0.500. The van der Waals surface area contributed by atoms with Crippen LogP contribution in [0.4, 0.5) is 10.6 Å². The molecule has 0 spiro atoms. The van der Waals surface area contributed by atoms with Gasteiger partial charge in [-0.15, -0.1) is 0 Å². The number of piperazine rings is 1. The number of nitrogens with zero attached hydrogens (tertiary/aromatic N) is 5. The Hall–Kier alpha value is -3.72. The van der Waals surface area contributed by atoms with E-state index in [0.717, 1.165) is 94.1 Å². The van der Waals surface area contributed by atoms with Crippen molar-refractivity contribution in [1.82, 2.24) is 14.8 Å². The third-order valence-corrected chi connectivity index (χ3v) is 7.98. The van der Waals surface area contributed by atoms with Crippen LogP contribution in [0.3, 0.4) is 0 Å². The summed E-state index contributed by atoms with van der Waals surface area (Å²) in [5, 5.41) is 0. The van der Waals surface area contributed by atoms with Gasteiger partial charge in [-0.2, -0.15) is 4.99 Å². The zero-order chi connectivity index (χ0) is 28.4. The third kappa shape index (κ3) is 7.94. The summed E-state index contributed by atoms with van der Waals surface area (Å²) in [5.41, 5.74) is 2.55. The highest BCUT2D eigenvalue weighted by atomic mass is 16.6. The normalized spacial score (nSPS) is 18.6. The summed E-state index contributed by atoms with van der Waals surface area (Å²) >= 11 is 0. The van der Waals surface area contributed by atoms with Gasteiger partial charge in [0.05, 0.1) is 17.9 Å². The van der Waals surface area contributed by atoms with Gasteiger partial charge in [0.1, 0.15) is 12.4 Å². The molecule has 2 amide bonds. The van der Waals surface area contributed by atoms with Crippen LogP contribution in [0.5, 0.6) is 0 Å². The van der Waals surface area contributed by atoms with E-state index in [9.17, 15) is 9.59 Å². The summed E-state index contributed by atoms with van der Waals surface area (Å²) in [5.74, 6) is 1.66. The molecule has 218 valence electrons. The summed E-state index contributed by atoms with van der Waals surface area (Å²) in [6.07, 6.45) is 5.97. The number of benzene rings is 1. The van der Waals surface area contributed by atoms with Crippen molar-refractivity contribution in [3.63, 3.8) is 0 Å². The molecule has 0 aliphatic carbocycles. The predicted molar refractivity (Wildman–Crippen MR) is 160 cm³/mol. The summed E-state index contributed by atoms with van der Waals surface area (Å²) in [6.45, 7) is 9.37. The maximum Gasteiger partial charge on any atom is 0.409 e. The molecule has 3 aliphatic heterocycles. The molecule has 0 bridgehead atoms. The van der Waals surface area contributed by atoms with Gasteiger partial charge in [-0.25, -0.2) is 9.78 Å². The van der Waals surface area contributed by atoms with Crippen LogP contribution in [-0.4, -0.2) is 85.1 Å². The summed E-state index contributed by atoms with van der Waals surface area (Å²) in [4.78, 5) is 40.2. The Bertz CT molecular complexity index is 1230. The van der Waals surface area contributed by atoms with Crippen LogP contribution in [0, 0.1) is 5.92 Å². The van der Waals surface area contributed by atoms with Crippen LogP contribution >= 0.6 is 0 Å². The first kappa shape index (κ1) is 28.8. The zero-order valence-corrected chi connectivity index (χ0v) is 24.0. The Morgan fingerprint density at radius 3 is 2.51 bits per heavy atom. The van der Waals surface area contributed by atoms with Gasteiger partial charge in [-0.1, -0.05) is 55.8 Å². The number of amides is 2. The molecule has 2 aromatic rings. The van der Waals surface area contributed by atoms with Gasteiger partial charge in [0.2, 0.25) is 5.90 Å². The first-order valence-corrected chi connectivity index (χ1v) is 14.9. The Morgan fingerprint density at radius 2 is 1.76 bits per heavy atom. The third-order valence-electron chi connectivity index (χ3n) is 7.98. The number of aromatic nitrogens is 1. The second-order valence-electron chi connectivity index (χ2n) is 11.0. The lowest BCUT2D eigenvalue weighted by molar-refractivity contribution is -0.117. The highest BCUT2D eigenvalue weighted by Crippen LogP contribution is 2.25. The number of anilines is 1. The van der Waals surface area contributed by atoms with Crippen LogP contribution in [0.25, 0.3) is 5.57 Å². The minimum Gasteiger partial charge on any atom is -0.472 e. The van der Waals surface area contributed by atoms with Gasteiger partial charge in [0.15, 0.2) is 0 Å². The average molecular weight is 560 g/mol. The number of unbranched alkanes of at least 4 members (excludes halogenated alkanes) is 1. The number of piperidine rings is 1. The molecule has 0 atom stereocenters. The quantitative estimate of drug-likeness (QED) is 0.409. The number of carbonyl (C=O) groups excluding carboxylic acids is 2. The largest absolute Gasteiger partial charge is 0.472 e. The van der Waals surface area contributed by atoms with E-state index >= 15 is 0 Å². The molecule has 9 heteroatoms. The molecule has 1 aromatic carbocycles. The second kappa shape index (κ2) is 14.3. The van der Waals surface area contributed by atoms with E-state index in [-0.39, 0.29) is 18.4 Å².